The Morgan fingerprint density at radius 2 is 2.25 bits per heavy atom. The van der Waals surface area contributed by atoms with E-state index in [1.165, 1.54) is 22.2 Å². The van der Waals surface area contributed by atoms with Gasteiger partial charge in [0, 0.05) is 32.8 Å². The Morgan fingerprint density at radius 3 is 3.14 bits per heavy atom. The minimum atomic E-state index is -0.0726. The lowest BCUT2D eigenvalue weighted by Gasteiger charge is -2.18. The summed E-state index contributed by atoms with van der Waals surface area (Å²) in [5, 5.41) is 2.20. The third-order valence-electron chi connectivity index (χ3n) is 5.09. The van der Waals surface area contributed by atoms with E-state index < -0.39 is 0 Å². The quantitative estimate of drug-likeness (QED) is 0.314. The van der Waals surface area contributed by atoms with Crippen LogP contribution in [0.2, 0.25) is 0 Å². The molecule has 0 saturated carbocycles. The van der Waals surface area contributed by atoms with Gasteiger partial charge in [0.2, 0.25) is 0 Å². The van der Waals surface area contributed by atoms with Crippen LogP contribution in [-0.2, 0) is 18.6 Å². The molecule has 5 rings (SSSR count). The summed E-state index contributed by atoms with van der Waals surface area (Å²) in [4.78, 5) is 28.7. The zero-order chi connectivity index (χ0) is 19.3. The third-order valence-corrected chi connectivity index (χ3v) is 7.74. The van der Waals surface area contributed by atoms with E-state index in [1.54, 1.807) is 34.8 Å². The fraction of sp³-hybridized carbons (Fsp3) is 0.300. The lowest BCUT2D eigenvalue weighted by Crippen LogP contribution is -2.15. The average molecular weight is 473 g/mol. The number of aromatic nitrogens is 4. The zero-order valence-electron chi connectivity index (χ0n) is 15.2. The Balaban J connectivity index is 1.49. The second kappa shape index (κ2) is 7.24. The number of fused-ring (bicyclic) bond motifs is 4. The summed E-state index contributed by atoms with van der Waals surface area (Å²) in [5.74, 6) is 1.34. The van der Waals surface area contributed by atoms with Crippen molar-refractivity contribution in [2.45, 2.75) is 37.0 Å². The lowest BCUT2D eigenvalue weighted by atomic mass is 9.89. The molecule has 142 valence electrons. The number of rotatable bonds is 3. The number of hydrogen-bond acceptors (Lipinski definition) is 6. The number of thioether (sulfide) groups is 1. The number of hydrogen-bond donors (Lipinski definition) is 0. The first-order valence-electron chi connectivity index (χ1n) is 9.14. The van der Waals surface area contributed by atoms with Crippen LogP contribution < -0.4 is 5.56 Å². The minimum Gasteiger partial charge on any atom is -0.269 e. The van der Waals surface area contributed by atoms with Gasteiger partial charge in [-0.15, -0.1) is 11.3 Å². The number of thiophene rings is 1. The third kappa shape index (κ3) is 3.27. The average Bonchev–Trinajstić information content (AvgIpc) is 3.05. The molecule has 4 aromatic rings. The summed E-state index contributed by atoms with van der Waals surface area (Å²) in [6, 6.07) is 5.35. The van der Waals surface area contributed by atoms with Crippen molar-refractivity contribution >= 4 is 54.9 Å². The Bertz CT molecular complexity index is 1270. The van der Waals surface area contributed by atoms with Crippen LogP contribution in [-0.4, -0.2) is 19.4 Å². The van der Waals surface area contributed by atoms with Crippen molar-refractivity contribution in [3.8, 4) is 0 Å². The molecule has 4 aromatic heterocycles. The van der Waals surface area contributed by atoms with Crippen molar-refractivity contribution in [2.75, 3.05) is 0 Å². The molecule has 1 aliphatic rings. The van der Waals surface area contributed by atoms with Crippen molar-refractivity contribution in [2.24, 2.45) is 5.92 Å². The molecule has 0 unspecified atom stereocenters. The maximum atomic E-state index is 12.4. The van der Waals surface area contributed by atoms with Gasteiger partial charge in [-0.25, -0.2) is 15.0 Å². The van der Waals surface area contributed by atoms with Gasteiger partial charge >= 0.3 is 0 Å². The topological polar surface area (TPSA) is 60.2 Å². The Morgan fingerprint density at radius 1 is 1.36 bits per heavy atom. The van der Waals surface area contributed by atoms with E-state index in [0.29, 0.717) is 11.4 Å². The second-order valence-corrected chi connectivity index (χ2v) is 10.1. The van der Waals surface area contributed by atoms with Crippen LogP contribution in [0, 0.1) is 5.92 Å². The molecule has 0 saturated heterocycles. The molecule has 8 heteroatoms. The highest BCUT2D eigenvalue weighted by atomic mass is 79.9. The van der Waals surface area contributed by atoms with Crippen molar-refractivity contribution in [1.82, 2.24) is 19.4 Å². The molecule has 0 spiro atoms. The SMILES string of the molecule is C[C@H]1CCc2c(sc3ncnc(SCc4cc(=O)n5cc(Br)ccc5n4)c23)C1. The van der Waals surface area contributed by atoms with Crippen LogP contribution in [0.25, 0.3) is 15.9 Å². The molecule has 4 heterocycles. The van der Waals surface area contributed by atoms with E-state index in [4.69, 9.17) is 0 Å². The number of halogens is 1. The number of pyridine rings is 1. The molecule has 1 aliphatic carbocycles. The van der Waals surface area contributed by atoms with Gasteiger partial charge in [0.05, 0.1) is 5.69 Å². The Hall–Kier alpha value is -1.77. The highest BCUT2D eigenvalue weighted by Gasteiger charge is 2.23. The molecule has 28 heavy (non-hydrogen) atoms. The lowest BCUT2D eigenvalue weighted by molar-refractivity contribution is 0.509. The second-order valence-electron chi connectivity index (χ2n) is 7.16. The van der Waals surface area contributed by atoms with Crippen molar-refractivity contribution in [3.63, 3.8) is 0 Å². The van der Waals surface area contributed by atoms with E-state index in [9.17, 15) is 4.79 Å². The largest absolute Gasteiger partial charge is 0.269 e. The monoisotopic (exact) mass is 472 g/mol. The van der Waals surface area contributed by atoms with Crippen LogP contribution in [0.1, 0.15) is 29.5 Å². The molecule has 0 amide bonds. The van der Waals surface area contributed by atoms with Crippen LogP contribution in [0.4, 0.5) is 0 Å². The molecular weight excluding hydrogens is 456 g/mol. The van der Waals surface area contributed by atoms with Crippen LogP contribution in [0.5, 0.6) is 0 Å². The summed E-state index contributed by atoms with van der Waals surface area (Å²) in [5.41, 5.74) is 2.78. The van der Waals surface area contributed by atoms with Gasteiger partial charge in [-0.1, -0.05) is 18.7 Å². The maximum absolute atomic E-state index is 12.4. The fourth-order valence-electron chi connectivity index (χ4n) is 3.70. The first-order valence-corrected chi connectivity index (χ1v) is 11.7. The molecule has 0 bridgehead atoms. The van der Waals surface area contributed by atoms with Crippen LogP contribution in [0.15, 0.2) is 45.0 Å². The van der Waals surface area contributed by atoms with E-state index in [2.05, 4.69) is 37.8 Å². The smallest absolute Gasteiger partial charge is 0.258 e. The van der Waals surface area contributed by atoms with Gasteiger partial charge in [0.25, 0.3) is 5.56 Å². The first kappa shape index (κ1) is 18.3. The van der Waals surface area contributed by atoms with Crippen molar-refractivity contribution in [1.29, 1.82) is 0 Å². The molecule has 0 aromatic carbocycles. The highest BCUT2D eigenvalue weighted by Crippen LogP contribution is 2.40. The molecule has 0 aliphatic heterocycles. The normalized spacial score (nSPS) is 16.6. The number of aryl methyl sites for hydroxylation is 1. The Labute approximate surface area is 178 Å². The van der Waals surface area contributed by atoms with E-state index in [1.807, 2.05) is 23.5 Å². The summed E-state index contributed by atoms with van der Waals surface area (Å²) in [7, 11) is 0. The summed E-state index contributed by atoms with van der Waals surface area (Å²) >= 11 is 6.84. The predicted octanol–water partition coefficient (Wildman–Crippen LogP) is 4.88. The van der Waals surface area contributed by atoms with Gasteiger partial charge in [-0.05, 0) is 58.8 Å². The van der Waals surface area contributed by atoms with Crippen LogP contribution >= 0.6 is 39.0 Å². The zero-order valence-corrected chi connectivity index (χ0v) is 18.4. The first-order chi connectivity index (χ1) is 13.6. The maximum Gasteiger partial charge on any atom is 0.258 e. The fourth-order valence-corrected chi connectivity index (χ4v) is 6.37. The molecule has 5 nitrogen and oxygen atoms in total. The Kier molecular flexibility index (Phi) is 4.72. The van der Waals surface area contributed by atoms with Gasteiger partial charge in [-0.3, -0.25) is 9.20 Å². The summed E-state index contributed by atoms with van der Waals surface area (Å²) in [6.45, 7) is 2.32. The van der Waals surface area contributed by atoms with Crippen molar-refractivity contribution < 1.29 is 0 Å². The summed E-state index contributed by atoms with van der Waals surface area (Å²) < 4.78 is 2.41. The van der Waals surface area contributed by atoms with Crippen molar-refractivity contribution in [3.05, 3.63) is 61.7 Å². The predicted molar refractivity (Wildman–Crippen MR) is 117 cm³/mol. The molecule has 0 fully saturated rings. The molecule has 0 radical (unpaired) electrons. The summed E-state index contributed by atoms with van der Waals surface area (Å²) in [6.07, 6.45) is 6.85. The van der Waals surface area contributed by atoms with Crippen LogP contribution in [0.3, 0.4) is 0 Å². The van der Waals surface area contributed by atoms with Gasteiger partial charge in [0.15, 0.2) is 0 Å². The molecule has 1 atom stereocenters. The minimum absolute atomic E-state index is 0.0726. The van der Waals surface area contributed by atoms with Gasteiger partial charge in [-0.2, -0.15) is 0 Å². The molecular formula is C20H17BrN4OS2. The molecule has 0 N–H and O–H groups in total. The van der Waals surface area contributed by atoms with E-state index in [-0.39, 0.29) is 5.56 Å². The highest BCUT2D eigenvalue weighted by molar-refractivity contribution is 9.10. The standard InChI is InChI=1S/C20H17BrN4OS2/c1-11-2-4-14-15(6-11)28-20-18(14)19(22-10-23-20)27-9-13-7-17(26)25-8-12(21)3-5-16(25)24-13/h3,5,7-8,10-11H,2,4,6,9H2,1H3/t11-/m0/s1. The van der Waals surface area contributed by atoms with E-state index >= 15 is 0 Å². The van der Waals surface area contributed by atoms with E-state index in [0.717, 1.165) is 38.8 Å². The van der Waals surface area contributed by atoms with Gasteiger partial charge in [0.1, 0.15) is 21.8 Å². The number of nitrogens with zero attached hydrogens (tertiary/aromatic N) is 4. The van der Waals surface area contributed by atoms with Gasteiger partial charge < -0.3 is 0 Å².